The zero-order valence-corrected chi connectivity index (χ0v) is 11.8. The number of hydrogen-bond donors (Lipinski definition) is 2. The van der Waals surface area contributed by atoms with Crippen LogP contribution in [0.1, 0.15) is 12.8 Å². The summed E-state index contributed by atoms with van der Waals surface area (Å²) in [5.41, 5.74) is 0.208. The summed E-state index contributed by atoms with van der Waals surface area (Å²) in [5, 5.41) is 9.48. The van der Waals surface area contributed by atoms with Crippen LogP contribution < -0.4 is 4.72 Å². The molecular formula is C11H14ClNO5S. The predicted molar refractivity (Wildman–Crippen MR) is 71.8 cm³/mol. The number of hydrogen-bond acceptors (Lipinski definition) is 5. The van der Waals surface area contributed by atoms with Crippen molar-refractivity contribution in [3.8, 4) is 5.75 Å². The van der Waals surface area contributed by atoms with E-state index in [0.717, 1.165) is 0 Å². The summed E-state index contributed by atoms with van der Waals surface area (Å²) in [7, 11) is -2.34. The molecule has 0 amide bonds. The standard InChI is InChI=1S/C11H14ClNO5S/c1-18-11(15)3-2-6-19(16,17)13-8-4-5-9(12)10(14)7-8/h4-5,7,13-14H,2-3,6H2,1H3. The minimum absolute atomic E-state index is 0.0310. The van der Waals surface area contributed by atoms with Gasteiger partial charge in [-0.2, -0.15) is 0 Å². The first-order valence-electron chi connectivity index (χ1n) is 5.40. The van der Waals surface area contributed by atoms with Crippen LogP contribution in [0.25, 0.3) is 0 Å². The molecule has 0 bridgehead atoms. The summed E-state index contributed by atoms with van der Waals surface area (Å²) in [5.74, 6) is -0.887. The van der Waals surface area contributed by atoms with E-state index in [9.17, 15) is 18.3 Å². The molecule has 8 heteroatoms. The van der Waals surface area contributed by atoms with E-state index in [1.54, 1.807) is 0 Å². The van der Waals surface area contributed by atoms with Crippen molar-refractivity contribution in [3.63, 3.8) is 0 Å². The van der Waals surface area contributed by atoms with Gasteiger partial charge in [0.15, 0.2) is 0 Å². The van der Waals surface area contributed by atoms with E-state index in [4.69, 9.17) is 11.6 Å². The fraction of sp³-hybridized carbons (Fsp3) is 0.364. The van der Waals surface area contributed by atoms with Gasteiger partial charge in [0.2, 0.25) is 10.0 Å². The van der Waals surface area contributed by atoms with Crippen LogP contribution in [0.3, 0.4) is 0 Å². The number of anilines is 1. The molecule has 0 aliphatic rings. The van der Waals surface area contributed by atoms with Gasteiger partial charge in [0.25, 0.3) is 0 Å². The second-order valence-corrected chi connectivity index (χ2v) is 6.02. The molecule has 0 heterocycles. The second-order valence-electron chi connectivity index (χ2n) is 3.77. The van der Waals surface area contributed by atoms with Crippen molar-refractivity contribution in [2.24, 2.45) is 0 Å². The van der Waals surface area contributed by atoms with Gasteiger partial charge >= 0.3 is 5.97 Å². The van der Waals surface area contributed by atoms with Crippen molar-refractivity contribution in [1.29, 1.82) is 0 Å². The van der Waals surface area contributed by atoms with Crippen molar-refractivity contribution in [3.05, 3.63) is 23.2 Å². The topological polar surface area (TPSA) is 92.7 Å². The molecule has 19 heavy (non-hydrogen) atoms. The molecule has 0 atom stereocenters. The van der Waals surface area contributed by atoms with Gasteiger partial charge in [-0.25, -0.2) is 8.42 Å². The number of methoxy groups -OCH3 is 1. The average Bonchev–Trinajstić information content (AvgIpc) is 2.33. The molecule has 6 nitrogen and oxygen atoms in total. The molecule has 2 N–H and O–H groups in total. The van der Waals surface area contributed by atoms with Crippen molar-refractivity contribution in [2.75, 3.05) is 17.6 Å². The summed E-state index contributed by atoms with van der Waals surface area (Å²) in [6, 6.07) is 4.02. The highest BCUT2D eigenvalue weighted by molar-refractivity contribution is 7.92. The monoisotopic (exact) mass is 307 g/mol. The van der Waals surface area contributed by atoms with Crippen molar-refractivity contribution >= 4 is 33.3 Å². The fourth-order valence-corrected chi connectivity index (χ4v) is 2.55. The molecule has 1 rings (SSSR count). The molecule has 1 aromatic carbocycles. The van der Waals surface area contributed by atoms with Gasteiger partial charge in [-0.05, 0) is 18.6 Å². The third kappa shape index (κ3) is 5.35. The number of carbonyl (C=O) groups excluding carboxylic acids is 1. The maximum absolute atomic E-state index is 11.7. The number of nitrogens with one attached hydrogen (secondary N) is 1. The first-order chi connectivity index (χ1) is 8.84. The van der Waals surface area contributed by atoms with Crippen molar-refractivity contribution in [1.82, 2.24) is 0 Å². The first-order valence-corrected chi connectivity index (χ1v) is 7.43. The number of carbonyl (C=O) groups is 1. The Bertz CT molecular complexity index is 558. The van der Waals surface area contributed by atoms with Crippen molar-refractivity contribution in [2.45, 2.75) is 12.8 Å². The minimum Gasteiger partial charge on any atom is -0.506 e. The van der Waals surface area contributed by atoms with Gasteiger partial charge in [-0.3, -0.25) is 9.52 Å². The number of sulfonamides is 1. The van der Waals surface area contributed by atoms with Crippen LogP contribution in [0.5, 0.6) is 5.75 Å². The molecule has 0 spiro atoms. The molecule has 0 saturated heterocycles. The highest BCUT2D eigenvalue weighted by Crippen LogP contribution is 2.26. The van der Waals surface area contributed by atoms with Crippen LogP contribution in [0, 0.1) is 0 Å². The van der Waals surface area contributed by atoms with Crippen LogP contribution in [-0.2, 0) is 19.6 Å². The second kappa shape index (κ2) is 6.63. The molecule has 0 radical (unpaired) electrons. The molecule has 0 unspecified atom stereocenters. The van der Waals surface area contributed by atoms with Gasteiger partial charge in [0.1, 0.15) is 5.75 Å². The lowest BCUT2D eigenvalue weighted by Gasteiger charge is -2.08. The van der Waals surface area contributed by atoms with Gasteiger partial charge < -0.3 is 9.84 Å². The third-order valence-electron chi connectivity index (χ3n) is 2.24. The van der Waals surface area contributed by atoms with E-state index < -0.39 is 16.0 Å². The minimum atomic E-state index is -3.58. The molecular weight excluding hydrogens is 294 g/mol. The van der Waals surface area contributed by atoms with Gasteiger partial charge in [-0.1, -0.05) is 11.6 Å². The highest BCUT2D eigenvalue weighted by Gasteiger charge is 2.12. The zero-order valence-electron chi connectivity index (χ0n) is 10.2. The molecule has 0 fully saturated rings. The zero-order chi connectivity index (χ0) is 14.5. The number of phenols is 1. The Labute approximate surface area is 116 Å². The normalized spacial score (nSPS) is 11.1. The summed E-state index contributed by atoms with van der Waals surface area (Å²) in [4.78, 5) is 10.9. The first kappa shape index (κ1) is 15.6. The van der Waals surface area contributed by atoms with Gasteiger partial charge in [0.05, 0.1) is 23.6 Å². The number of halogens is 1. The average molecular weight is 308 g/mol. The van der Waals surface area contributed by atoms with E-state index in [2.05, 4.69) is 9.46 Å². The summed E-state index contributed by atoms with van der Waals surface area (Å²) >= 11 is 5.61. The van der Waals surface area contributed by atoms with E-state index in [1.165, 1.54) is 25.3 Å². The highest BCUT2D eigenvalue weighted by atomic mass is 35.5. The summed E-state index contributed by atoms with van der Waals surface area (Å²) in [6.07, 6.45) is 0.185. The Balaban J connectivity index is 2.59. The lowest BCUT2D eigenvalue weighted by Crippen LogP contribution is -2.17. The fourth-order valence-electron chi connectivity index (χ4n) is 1.32. The van der Waals surface area contributed by atoms with Crippen LogP contribution in [0.2, 0.25) is 5.02 Å². The summed E-state index contributed by atoms with van der Waals surface area (Å²) in [6.45, 7) is 0. The maximum atomic E-state index is 11.7. The smallest absolute Gasteiger partial charge is 0.305 e. The Kier molecular flexibility index (Phi) is 5.44. The van der Waals surface area contributed by atoms with E-state index in [1.807, 2.05) is 0 Å². The Morgan fingerprint density at radius 1 is 1.47 bits per heavy atom. The summed E-state index contributed by atoms with van der Waals surface area (Å²) < 4.78 is 30.1. The molecule has 106 valence electrons. The lowest BCUT2D eigenvalue weighted by atomic mass is 10.3. The number of esters is 1. The number of benzene rings is 1. The maximum Gasteiger partial charge on any atom is 0.305 e. The molecule has 0 aromatic heterocycles. The Morgan fingerprint density at radius 3 is 2.74 bits per heavy atom. The molecule has 0 aliphatic heterocycles. The third-order valence-corrected chi connectivity index (χ3v) is 3.93. The van der Waals surface area contributed by atoms with Crippen LogP contribution in [0.4, 0.5) is 5.69 Å². The molecule has 1 aromatic rings. The lowest BCUT2D eigenvalue weighted by molar-refractivity contribution is -0.140. The van der Waals surface area contributed by atoms with Crippen LogP contribution in [0.15, 0.2) is 18.2 Å². The van der Waals surface area contributed by atoms with Crippen LogP contribution >= 0.6 is 11.6 Å². The van der Waals surface area contributed by atoms with Crippen LogP contribution in [-0.4, -0.2) is 32.4 Å². The SMILES string of the molecule is COC(=O)CCCS(=O)(=O)Nc1ccc(Cl)c(O)c1. The number of aromatic hydroxyl groups is 1. The number of phenolic OH excluding ortho intramolecular Hbond substituents is 1. The Hall–Kier alpha value is -1.47. The van der Waals surface area contributed by atoms with Crippen molar-refractivity contribution < 1.29 is 23.1 Å². The molecule has 0 aliphatic carbocycles. The molecule has 0 saturated carbocycles. The predicted octanol–water partition coefficient (Wildman–Crippen LogP) is 1.74. The Morgan fingerprint density at radius 2 is 2.16 bits per heavy atom. The largest absolute Gasteiger partial charge is 0.506 e. The van der Waals surface area contributed by atoms with E-state index in [-0.39, 0.29) is 35.1 Å². The van der Waals surface area contributed by atoms with Gasteiger partial charge in [0, 0.05) is 12.5 Å². The quantitative estimate of drug-likeness (QED) is 0.781. The van der Waals surface area contributed by atoms with E-state index >= 15 is 0 Å². The van der Waals surface area contributed by atoms with E-state index in [0.29, 0.717) is 0 Å². The van der Waals surface area contributed by atoms with Gasteiger partial charge in [-0.15, -0.1) is 0 Å². The number of ether oxygens (including phenoxy) is 1. The number of rotatable bonds is 6.